The molecule has 4 aromatic rings. The summed E-state index contributed by atoms with van der Waals surface area (Å²) in [4.78, 5) is 21.9. The van der Waals surface area contributed by atoms with Gasteiger partial charge in [-0.25, -0.2) is 9.97 Å². The number of fused-ring (bicyclic) bond motifs is 1. The Morgan fingerprint density at radius 3 is 2.84 bits per heavy atom. The van der Waals surface area contributed by atoms with Crippen LogP contribution in [0, 0.1) is 0 Å². The van der Waals surface area contributed by atoms with Crippen LogP contribution in [0.15, 0.2) is 61.1 Å². The number of rotatable bonds is 5. The van der Waals surface area contributed by atoms with Gasteiger partial charge in [-0.3, -0.25) is 9.48 Å². The molecule has 162 valence electrons. The van der Waals surface area contributed by atoms with E-state index in [9.17, 15) is 4.79 Å². The van der Waals surface area contributed by atoms with E-state index >= 15 is 0 Å². The Morgan fingerprint density at radius 1 is 1.16 bits per heavy atom. The van der Waals surface area contributed by atoms with Gasteiger partial charge in [0, 0.05) is 42.0 Å². The van der Waals surface area contributed by atoms with Gasteiger partial charge in [0.2, 0.25) is 0 Å². The molecule has 0 unspecified atom stereocenters. The van der Waals surface area contributed by atoms with Crippen molar-refractivity contribution in [3.05, 3.63) is 66.6 Å². The van der Waals surface area contributed by atoms with Gasteiger partial charge in [-0.2, -0.15) is 5.10 Å². The van der Waals surface area contributed by atoms with Crippen molar-refractivity contribution in [2.24, 2.45) is 7.05 Å². The van der Waals surface area contributed by atoms with Crippen LogP contribution in [0.25, 0.3) is 22.2 Å². The highest BCUT2D eigenvalue weighted by Crippen LogP contribution is 2.23. The van der Waals surface area contributed by atoms with Crippen molar-refractivity contribution in [1.29, 1.82) is 0 Å². The highest BCUT2D eigenvalue weighted by Gasteiger charge is 2.16. The second-order valence-electron chi connectivity index (χ2n) is 7.91. The van der Waals surface area contributed by atoms with Gasteiger partial charge in [0.1, 0.15) is 17.7 Å². The molecule has 32 heavy (non-hydrogen) atoms. The number of anilines is 1. The number of carbonyl (C=O) groups excluding carboxylic acids is 1. The zero-order chi connectivity index (χ0) is 21.9. The van der Waals surface area contributed by atoms with Crippen molar-refractivity contribution < 1.29 is 9.53 Å². The first-order valence-corrected chi connectivity index (χ1v) is 10.7. The average Bonchev–Trinajstić information content (AvgIpc) is 3.26. The summed E-state index contributed by atoms with van der Waals surface area (Å²) < 4.78 is 7.80. The van der Waals surface area contributed by atoms with Crippen LogP contribution in [0.2, 0.25) is 0 Å². The summed E-state index contributed by atoms with van der Waals surface area (Å²) in [5.41, 5.74) is 3.02. The number of carbonyl (C=O) groups is 1. The van der Waals surface area contributed by atoms with Crippen molar-refractivity contribution in [2.45, 2.75) is 18.9 Å². The fourth-order valence-electron chi connectivity index (χ4n) is 3.80. The zero-order valence-electron chi connectivity index (χ0n) is 17.8. The Balaban J connectivity index is 1.33. The minimum Gasteiger partial charge on any atom is -0.490 e. The molecule has 8 nitrogen and oxygen atoms in total. The second-order valence-corrected chi connectivity index (χ2v) is 7.91. The Morgan fingerprint density at radius 2 is 2.03 bits per heavy atom. The summed E-state index contributed by atoms with van der Waals surface area (Å²) in [7, 11) is 1.87. The van der Waals surface area contributed by atoms with E-state index < -0.39 is 0 Å². The van der Waals surface area contributed by atoms with Crippen molar-refractivity contribution >= 4 is 22.6 Å². The number of nitrogens with one attached hydrogen (secondary N) is 2. The van der Waals surface area contributed by atoms with Gasteiger partial charge in [-0.05, 0) is 56.3 Å². The minimum absolute atomic E-state index is 0.178. The molecule has 4 heterocycles. The van der Waals surface area contributed by atoms with Gasteiger partial charge in [0.15, 0.2) is 0 Å². The average molecular weight is 428 g/mol. The number of aryl methyl sites for hydroxylation is 1. The first kappa shape index (κ1) is 20.1. The van der Waals surface area contributed by atoms with Gasteiger partial charge < -0.3 is 15.4 Å². The van der Waals surface area contributed by atoms with Crippen LogP contribution < -0.4 is 15.4 Å². The first-order chi connectivity index (χ1) is 15.6. The monoisotopic (exact) mass is 428 g/mol. The van der Waals surface area contributed by atoms with Crippen molar-refractivity contribution in [2.75, 3.05) is 18.4 Å². The number of pyridine rings is 2. The van der Waals surface area contributed by atoms with Gasteiger partial charge in [-0.1, -0.05) is 6.07 Å². The van der Waals surface area contributed by atoms with Crippen LogP contribution in [0.5, 0.6) is 5.75 Å². The molecule has 1 amide bonds. The highest BCUT2D eigenvalue weighted by atomic mass is 16.5. The third-order valence-electron chi connectivity index (χ3n) is 5.50. The summed E-state index contributed by atoms with van der Waals surface area (Å²) >= 11 is 0. The lowest BCUT2D eigenvalue weighted by molar-refractivity contribution is 0.102. The second kappa shape index (κ2) is 8.76. The summed E-state index contributed by atoms with van der Waals surface area (Å²) in [6, 6.07) is 12.9. The maximum atomic E-state index is 12.8. The van der Waals surface area contributed by atoms with Crippen LogP contribution in [-0.2, 0) is 7.05 Å². The molecule has 0 saturated carbocycles. The fraction of sp³-hybridized carbons (Fsp3) is 0.250. The molecule has 1 aromatic carbocycles. The van der Waals surface area contributed by atoms with Gasteiger partial charge in [0.05, 0.1) is 17.4 Å². The number of nitrogens with zero attached hydrogens (tertiary/aromatic N) is 4. The number of hydrogen-bond acceptors (Lipinski definition) is 6. The summed E-state index contributed by atoms with van der Waals surface area (Å²) in [6.07, 6.45) is 7.50. The van der Waals surface area contributed by atoms with Crippen LogP contribution >= 0.6 is 0 Å². The molecule has 1 aliphatic heterocycles. The molecule has 2 N–H and O–H groups in total. The Kier molecular flexibility index (Phi) is 5.51. The largest absolute Gasteiger partial charge is 0.490 e. The molecule has 0 atom stereocenters. The van der Waals surface area contributed by atoms with Crippen LogP contribution in [0.1, 0.15) is 23.2 Å². The quantitative estimate of drug-likeness (QED) is 0.506. The number of benzene rings is 1. The molecule has 3 aromatic heterocycles. The number of hydrogen-bond donors (Lipinski definition) is 2. The maximum absolute atomic E-state index is 12.8. The third-order valence-corrected chi connectivity index (χ3v) is 5.50. The van der Waals surface area contributed by atoms with Crippen LogP contribution in [0.4, 0.5) is 5.82 Å². The normalized spacial score (nSPS) is 14.4. The van der Waals surface area contributed by atoms with Crippen molar-refractivity contribution in [1.82, 2.24) is 25.1 Å². The van der Waals surface area contributed by atoms with E-state index in [0.717, 1.165) is 48.1 Å². The number of amides is 1. The van der Waals surface area contributed by atoms with Gasteiger partial charge in [-0.15, -0.1) is 0 Å². The Hall–Kier alpha value is -3.78. The highest BCUT2D eigenvalue weighted by molar-refractivity contribution is 6.04. The number of ether oxygens (including phenoxy) is 1. The molecule has 5 rings (SSSR count). The van der Waals surface area contributed by atoms with E-state index in [-0.39, 0.29) is 12.0 Å². The topological polar surface area (TPSA) is 94.0 Å². The fourth-order valence-corrected chi connectivity index (χ4v) is 3.80. The van der Waals surface area contributed by atoms with Crippen LogP contribution in [-0.4, -0.2) is 44.8 Å². The molecular weight excluding hydrogens is 404 g/mol. The molecule has 1 fully saturated rings. The summed E-state index contributed by atoms with van der Waals surface area (Å²) in [5, 5.41) is 11.3. The zero-order valence-corrected chi connectivity index (χ0v) is 17.8. The minimum atomic E-state index is -0.240. The molecular formula is C24H24N6O2. The number of piperidine rings is 1. The lowest BCUT2D eigenvalue weighted by atomic mass is 10.1. The maximum Gasteiger partial charge on any atom is 0.256 e. The summed E-state index contributed by atoms with van der Waals surface area (Å²) in [6.45, 7) is 1.91. The molecule has 0 bridgehead atoms. The molecule has 0 aliphatic carbocycles. The molecule has 8 heteroatoms. The predicted molar refractivity (Wildman–Crippen MR) is 123 cm³/mol. The first-order valence-electron chi connectivity index (χ1n) is 10.7. The van der Waals surface area contributed by atoms with E-state index in [1.807, 2.05) is 37.5 Å². The SMILES string of the molecule is Cn1cc(-c2ccc3cnc(NC(=O)c4cccc(OC5CCNCC5)c4)cc3n2)cn1. The van der Waals surface area contributed by atoms with Gasteiger partial charge >= 0.3 is 0 Å². The predicted octanol–water partition coefficient (Wildman–Crippen LogP) is 3.41. The lowest BCUT2D eigenvalue weighted by Gasteiger charge is -2.24. The van der Waals surface area contributed by atoms with Crippen molar-refractivity contribution in [3.63, 3.8) is 0 Å². The number of aromatic nitrogens is 4. The summed E-state index contributed by atoms with van der Waals surface area (Å²) in [5.74, 6) is 0.915. The van der Waals surface area contributed by atoms with E-state index in [4.69, 9.17) is 9.72 Å². The van der Waals surface area contributed by atoms with E-state index in [0.29, 0.717) is 17.1 Å². The molecule has 1 saturated heterocycles. The smallest absolute Gasteiger partial charge is 0.256 e. The Labute approximate surface area is 185 Å². The molecule has 0 radical (unpaired) electrons. The van der Waals surface area contributed by atoms with E-state index in [2.05, 4.69) is 20.7 Å². The standard InChI is InChI=1S/C24H24N6O2/c1-30-15-18(14-27-30)21-6-5-17-13-26-23(12-22(17)28-21)29-24(31)16-3-2-4-20(11-16)32-19-7-9-25-10-8-19/h2-6,11-15,19,25H,7-10H2,1H3,(H,26,29,31). The van der Waals surface area contributed by atoms with E-state index in [1.54, 1.807) is 35.3 Å². The lowest BCUT2D eigenvalue weighted by Crippen LogP contribution is -2.34. The van der Waals surface area contributed by atoms with Crippen LogP contribution in [0.3, 0.4) is 0 Å². The van der Waals surface area contributed by atoms with Gasteiger partial charge in [0.25, 0.3) is 5.91 Å². The Bertz CT molecular complexity index is 1260. The van der Waals surface area contributed by atoms with E-state index in [1.165, 1.54) is 0 Å². The molecule has 0 spiro atoms. The van der Waals surface area contributed by atoms with Crippen molar-refractivity contribution in [3.8, 4) is 17.0 Å². The third kappa shape index (κ3) is 4.45. The molecule has 1 aliphatic rings.